The minimum atomic E-state index is -5.93. The van der Waals surface area contributed by atoms with Gasteiger partial charge in [-0.2, -0.15) is 8.62 Å². The van der Waals surface area contributed by atoms with Crippen molar-refractivity contribution >= 4 is 117 Å². The van der Waals surface area contributed by atoms with E-state index >= 15 is 0 Å². The van der Waals surface area contributed by atoms with Gasteiger partial charge in [0, 0.05) is 51.6 Å². The van der Waals surface area contributed by atoms with Gasteiger partial charge >= 0.3 is 54.8 Å². The van der Waals surface area contributed by atoms with Crippen molar-refractivity contribution in [3.05, 3.63) is 93.0 Å². The number of phosphoric acid groups is 6. The van der Waals surface area contributed by atoms with E-state index in [2.05, 4.69) is 78.1 Å². The van der Waals surface area contributed by atoms with Crippen molar-refractivity contribution in [2.75, 3.05) is 75.6 Å². The molecule has 4 amide bonds. The number of phosphoric ester groups is 2. The van der Waals surface area contributed by atoms with Gasteiger partial charge in [0.05, 0.1) is 38.4 Å². The number of alkyl carbamates (subject to hydrolysis) is 2. The standard InChI is InChI=1S/2C22H31N8O16P3/c1-24-12-6-4-3-5-11(12)18(32)25-7-8-26-22(34)44-16-13(9-42-48(38,39)46-49(40,41)45-47(35,36)37)43-20(15(16)31)30-10-29(2)14-17(30)27-21(23)28-19(14)33;1-24-12-6-4-3-5-11(12)18(32)25-7-8-26-22(34)44-16-15(31)13(9-42-48(38,39)46-49(40,41)45-47(35,36)37)43-20(16)30-10-29(2)14-17(30)27-21(23)28-19(14)33/h2*3-6,10,13,15-16,20,31H,7-9H2,1-2H3,(H9-,23,24,25,26,27,28,32,33,34,35,36,37,38,39,40,41)/t2*13-,15-,16-,20-/m11/s1. The van der Waals surface area contributed by atoms with E-state index in [1.807, 2.05) is 0 Å². The molecule has 4 aromatic heterocycles. The molecule has 98 heavy (non-hydrogen) atoms. The summed E-state index contributed by atoms with van der Waals surface area (Å²) in [5.74, 6) is -1.52. The Labute approximate surface area is 547 Å². The number of aliphatic hydroxyl groups excluding tert-OH is 2. The lowest BCUT2D eigenvalue weighted by Crippen LogP contribution is -2.49. The zero-order valence-electron chi connectivity index (χ0n) is 50.5. The number of hydrogen-bond acceptors (Lipinski definition) is 32. The van der Waals surface area contributed by atoms with Crippen LogP contribution in [0.4, 0.5) is 32.9 Å². The number of anilines is 4. The highest BCUT2D eigenvalue weighted by Gasteiger charge is 2.53. The number of nitrogens with one attached hydrogen (secondary N) is 8. The SMILES string of the molecule is CNc1ccccc1C(=O)NCCNC(=O)O[C@@H]1[C@H](O)[C@@H](COP(=O)(O)OP(=O)(O)OP(=O)([O-])O)O[C@H]1[n+]1cn(C)c2c(=O)[nH]c(N)nc21.CNc1ccccc1C(=O)NCCNC(=O)O[C@H]1[C@@H](O)[C@H]([n+]2cn(C)c3c(=O)[nH]c(N)nc32)O[C@@H]1COP(=O)(O)OP(=O)(O)OP(=O)([O-])O. The predicted molar refractivity (Wildman–Crippen MR) is 320 cm³/mol. The number of benzene rings is 2. The Balaban J connectivity index is 0.000000276. The molecule has 0 saturated carbocycles. The number of aryl methyl sites for hydroxylation is 2. The molecule has 2 fully saturated rings. The van der Waals surface area contributed by atoms with E-state index in [-0.39, 0.29) is 60.4 Å². The third-order valence-electron chi connectivity index (χ3n) is 13.1. The van der Waals surface area contributed by atoms with E-state index < -0.39 is 144 Å². The molecule has 2 aliphatic rings. The van der Waals surface area contributed by atoms with Crippen molar-refractivity contribution < 1.29 is 150 Å². The number of imidazole rings is 2. The maximum atomic E-state index is 12.8. The summed E-state index contributed by atoms with van der Waals surface area (Å²) in [6.07, 6.45) is -13.3. The zero-order valence-corrected chi connectivity index (χ0v) is 55.9. The molecule has 6 unspecified atom stereocenters. The second-order valence-electron chi connectivity index (χ2n) is 20.1. The normalized spacial score (nSPS) is 22.8. The highest BCUT2D eigenvalue weighted by molar-refractivity contribution is 7.66. The Bertz CT molecular complexity index is 4370. The maximum absolute atomic E-state index is 12.8. The Morgan fingerprint density at radius 2 is 0.949 bits per heavy atom. The lowest BCUT2D eigenvalue weighted by atomic mass is 10.1. The first-order chi connectivity index (χ1) is 45.6. The smallest absolute Gasteiger partial charge is 0.487 e. The molecule has 6 heterocycles. The van der Waals surface area contributed by atoms with Crippen LogP contribution in [0, 0.1) is 0 Å². The van der Waals surface area contributed by atoms with Crippen molar-refractivity contribution in [3.63, 3.8) is 0 Å². The van der Waals surface area contributed by atoms with Crippen LogP contribution in [0.1, 0.15) is 33.2 Å². The van der Waals surface area contributed by atoms with Gasteiger partial charge in [0.15, 0.2) is 31.0 Å². The fourth-order valence-corrected chi connectivity index (χ4v) is 15.3. The predicted octanol–water partition coefficient (Wildman–Crippen LogP) is -4.67. The number of amides is 4. The average Bonchev–Trinajstić information content (AvgIpc) is 1.61. The summed E-state index contributed by atoms with van der Waals surface area (Å²) in [5, 5.41) is 37.9. The van der Waals surface area contributed by atoms with Gasteiger partial charge in [0.25, 0.3) is 50.5 Å². The molecule has 2 aromatic carbocycles. The van der Waals surface area contributed by atoms with Gasteiger partial charge in [-0.1, -0.05) is 34.2 Å². The van der Waals surface area contributed by atoms with Crippen molar-refractivity contribution in [1.82, 2.24) is 50.3 Å². The van der Waals surface area contributed by atoms with Crippen molar-refractivity contribution in [2.45, 2.75) is 49.1 Å². The van der Waals surface area contributed by atoms with Gasteiger partial charge in [-0.15, -0.1) is 0 Å². The Kier molecular flexibility index (Phi) is 25.2. The molecule has 8 rings (SSSR count). The second-order valence-corrected chi connectivity index (χ2v) is 28.8. The molecule has 14 atom stereocenters. The molecule has 2 aliphatic heterocycles. The van der Waals surface area contributed by atoms with Crippen LogP contribution in [0.3, 0.4) is 0 Å². The fraction of sp³-hybridized carbons (Fsp3) is 0.409. The second kappa shape index (κ2) is 31.8. The molecule has 54 heteroatoms. The molecule has 2 saturated heterocycles. The number of aromatic amines is 2. The molecule has 0 spiro atoms. The van der Waals surface area contributed by atoms with Crippen LogP contribution >= 0.6 is 46.9 Å². The molecule has 20 N–H and O–H groups in total. The van der Waals surface area contributed by atoms with Gasteiger partial charge in [-0.25, -0.2) is 45.6 Å². The number of nitrogens with two attached hydrogens (primary N) is 2. The van der Waals surface area contributed by atoms with E-state index in [0.717, 1.165) is 9.13 Å². The molecule has 0 aliphatic carbocycles. The van der Waals surface area contributed by atoms with Gasteiger partial charge in [-0.05, 0) is 24.3 Å². The zero-order chi connectivity index (χ0) is 72.6. The van der Waals surface area contributed by atoms with Crippen LogP contribution in [0.5, 0.6) is 0 Å². The first kappa shape index (κ1) is 77.8. The number of para-hydroxylation sites is 2. The Morgan fingerprint density at radius 3 is 1.37 bits per heavy atom. The van der Waals surface area contributed by atoms with Crippen LogP contribution in [0.25, 0.3) is 22.3 Å². The maximum Gasteiger partial charge on any atom is 0.487 e. The number of hydrogen-bond donors (Lipinski definition) is 18. The summed E-state index contributed by atoms with van der Waals surface area (Å²) < 4.78 is 120. The highest BCUT2D eigenvalue weighted by Crippen LogP contribution is 2.66. The third kappa shape index (κ3) is 20.8. The van der Waals surface area contributed by atoms with Crippen molar-refractivity contribution in [2.24, 2.45) is 14.1 Å². The minimum absolute atomic E-state index is 0.0224. The van der Waals surface area contributed by atoms with E-state index in [9.17, 15) is 95.7 Å². The largest absolute Gasteiger partial charge is 0.756 e. The Morgan fingerprint density at radius 1 is 0.571 bits per heavy atom. The first-order valence-corrected chi connectivity index (χ1v) is 36.3. The summed E-state index contributed by atoms with van der Waals surface area (Å²) in [6.45, 7) is -2.71. The fourth-order valence-electron chi connectivity index (χ4n) is 9.28. The van der Waals surface area contributed by atoms with Gasteiger partial charge in [-0.3, -0.25) is 56.5 Å². The van der Waals surface area contributed by atoms with Crippen LogP contribution in [0.2, 0.25) is 0 Å². The van der Waals surface area contributed by atoms with E-state index in [4.69, 9.17) is 40.2 Å². The Hall–Kier alpha value is -7.52. The quantitative estimate of drug-likeness (QED) is 0.0125. The van der Waals surface area contributed by atoms with E-state index in [1.54, 1.807) is 62.6 Å². The summed E-state index contributed by atoms with van der Waals surface area (Å²) in [5.41, 5.74) is 11.6. The molecule has 6 aromatic rings. The molecule has 48 nitrogen and oxygen atoms in total. The van der Waals surface area contributed by atoms with Crippen LogP contribution in [-0.4, -0.2) is 183 Å². The van der Waals surface area contributed by atoms with Gasteiger partial charge in [0.2, 0.25) is 23.5 Å². The number of carbonyl (C=O) groups is 4. The molecule has 540 valence electrons. The minimum Gasteiger partial charge on any atom is -0.756 e. The highest BCUT2D eigenvalue weighted by atomic mass is 31.3. The lowest BCUT2D eigenvalue weighted by Gasteiger charge is -2.23. The number of rotatable bonds is 28. The van der Waals surface area contributed by atoms with Crippen LogP contribution in [0.15, 0.2) is 70.8 Å². The summed E-state index contributed by atoms with van der Waals surface area (Å²) in [4.78, 5) is 166. The summed E-state index contributed by atoms with van der Waals surface area (Å²) >= 11 is 0. The van der Waals surface area contributed by atoms with Gasteiger partial charge in [0.1, 0.15) is 18.3 Å². The van der Waals surface area contributed by atoms with E-state index in [0.29, 0.717) is 22.5 Å². The number of nitrogen functional groups attached to an aromatic ring is 2. The number of ether oxygens (including phenoxy) is 4. The molecular weight excluding hydrogens is 1450 g/mol. The third-order valence-corrected chi connectivity index (χ3v) is 20.7. The van der Waals surface area contributed by atoms with Crippen molar-refractivity contribution in [3.8, 4) is 0 Å². The monoisotopic (exact) mass is 1510 g/mol. The number of carbonyl (C=O) groups excluding carboxylic acids is 4. The molecule has 0 radical (unpaired) electrons. The number of aliphatic hydroxyl groups is 2. The number of H-pyrrole nitrogens is 2. The van der Waals surface area contributed by atoms with Crippen molar-refractivity contribution in [1.29, 1.82) is 0 Å². The molecular formula is C44H62N16O32P6. The summed E-state index contributed by atoms with van der Waals surface area (Å²) in [7, 11) is -28.9. The first-order valence-electron chi connectivity index (χ1n) is 27.3. The van der Waals surface area contributed by atoms with Crippen LogP contribution < -0.4 is 73.4 Å². The number of fused-ring (bicyclic) bond motifs is 2. The number of aromatic nitrogens is 8. The average molecular weight is 1510 g/mol. The van der Waals surface area contributed by atoms with Gasteiger partial charge < -0.3 is 112 Å². The lowest BCUT2D eigenvalue weighted by molar-refractivity contribution is -0.746. The summed E-state index contributed by atoms with van der Waals surface area (Å²) in [6, 6.07) is 13.3. The topological polar surface area (TPSA) is 704 Å². The van der Waals surface area contributed by atoms with Crippen LogP contribution in [-0.2, 0) is 86.7 Å². The van der Waals surface area contributed by atoms with E-state index in [1.165, 1.54) is 35.9 Å². The molecule has 0 bridgehead atoms. The number of nitrogens with zero attached hydrogens (tertiary/aromatic N) is 6.